The quantitative estimate of drug-likeness (QED) is 0.191. The molecular weight excluding hydrogens is 627 g/mol. The molecule has 0 bridgehead atoms. The zero-order valence-electron chi connectivity index (χ0n) is 27.1. The number of nitrogens with zero attached hydrogens (tertiary/aromatic N) is 3. The van der Waals surface area contributed by atoms with Crippen molar-refractivity contribution in [1.82, 2.24) is 9.55 Å². The molecule has 236 valence electrons. The van der Waals surface area contributed by atoms with Crippen molar-refractivity contribution in [2.24, 2.45) is 0 Å². The van der Waals surface area contributed by atoms with E-state index in [4.69, 9.17) is 13.8 Å². The molecule has 5 heteroatoms. The van der Waals surface area contributed by atoms with Gasteiger partial charge in [-0.1, -0.05) is 84.9 Å². The van der Waals surface area contributed by atoms with Gasteiger partial charge in [0.05, 0.1) is 39.3 Å². The van der Waals surface area contributed by atoms with E-state index in [-0.39, 0.29) is 0 Å². The maximum absolute atomic E-state index is 9.72. The van der Waals surface area contributed by atoms with Gasteiger partial charge in [-0.3, -0.25) is 0 Å². The average molecular weight is 652 g/mol. The number of hydrogen-bond donors (Lipinski definition) is 0. The molecule has 0 saturated carbocycles. The van der Waals surface area contributed by atoms with E-state index in [0.717, 1.165) is 105 Å². The van der Waals surface area contributed by atoms with Gasteiger partial charge in [-0.15, -0.1) is 0 Å². The van der Waals surface area contributed by atoms with Crippen LogP contribution in [0.4, 0.5) is 0 Å². The molecule has 0 saturated heterocycles. The molecule has 4 heterocycles. The summed E-state index contributed by atoms with van der Waals surface area (Å²) in [6.07, 6.45) is 0. The van der Waals surface area contributed by atoms with Gasteiger partial charge < -0.3 is 13.4 Å². The predicted molar refractivity (Wildman–Crippen MR) is 206 cm³/mol. The Bertz CT molecular complexity index is 3250. The van der Waals surface area contributed by atoms with Gasteiger partial charge in [0, 0.05) is 43.6 Å². The lowest BCUT2D eigenvalue weighted by Crippen LogP contribution is -1.93. The fourth-order valence-electron chi connectivity index (χ4n) is 7.84. The van der Waals surface area contributed by atoms with Crippen molar-refractivity contribution < 1.29 is 8.83 Å². The molecule has 51 heavy (non-hydrogen) atoms. The summed E-state index contributed by atoms with van der Waals surface area (Å²) < 4.78 is 15.1. The lowest BCUT2D eigenvalue weighted by molar-refractivity contribution is 0.666. The van der Waals surface area contributed by atoms with Gasteiger partial charge in [0.15, 0.2) is 0 Å². The molecule has 0 aliphatic heterocycles. The number of rotatable bonds is 3. The SMILES string of the molecule is N#Cc1ccc2c(c1)c1cc(-c3ccc(-c4nc5cc6c(cc5c5oc7ccccc7c45)oc4ccccc46)cc3)ccc1n2-c1ccccc1. The highest BCUT2D eigenvalue weighted by atomic mass is 16.3. The van der Waals surface area contributed by atoms with Crippen LogP contribution in [-0.2, 0) is 0 Å². The van der Waals surface area contributed by atoms with Crippen LogP contribution in [0.15, 0.2) is 160 Å². The molecule has 0 N–H and O–H groups in total. The summed E-state index contributed by atoms with van der Waals surface area (Å²) in [5.74, 6) is 0. The Morgan fingerprint density at radius 1 is 0.490 bits per heavy atom. The molecule has 0 amide bonds. The topological polar surface area (TPSA) is 67.9 Å². The van der Waals surface area contributed by atoms with Gasteiger partial charge in [0.2, 0.25) is 0 Å². The summed E-state index contributed by atoms with van der Waals surface area (Å²) in [5.41, 5.74) is 12.1. The first-order chi connectivity index (χ1) is 25.2. The van der Waals surface area contributed by atoms with E-state index >= 15 is 0 Å². The van der Waals surface area contributed by atoms with Crippen molar-refractivity contribution >= 4 is 76.6 Å². The van der Waals surface area contributed by atoms with Crippen LogP contribution in [0.1, 0.15) is 5.56 Å². The molecule has 0 unspecified atom stereocenters. The fraction of sp³-hybridized carbons (Fsp3) is 0. The van der Waals surface area contributed by atoms with Crippen LogP contribution in [0, 0.1) is 11.3 Å². The molecule has 0 atom stereocenters. The third-order valence-corrected chi connectivity index (χ3v) is 10.2. The third kappa shape index (κ3) is 4.05. The van der Waals surface area contributed by atoms with Crippen molar-refractivity contribution in [3.8, 4) is 34.1 Å². The minimum atomic E-state index is 0.645. The zero-order chi connectivity index (χ0) is 33.6. The van der Waals surface area contributed by atoms with E-state index in [2.05, 4.69) is 102 Å². The molecule has 0 fully saturated rings. The van der Waals surface area contributed by atoms with Crippen LogP contribution < -0.4 is 0 Å². The standard InChI is InChI=1S/C46H25N3O2/c47-26-27-14-20-39-34(22-27)35-23-30(19-21-40(35)49(39)31-8-2-1-3-9-31)28-15-17-29(18-16-28)45-44-33-11-5-7-13-42(33)51-46(44)37-25-43-36(24-38(37)48-45)32-10-4-6-12-41(32)50-43/h1-25H. The molecule has 4 aromatic heterocycles. The number of nitriles is 1. The monoisotopic (exact) mass is 651 g/mol. The Balaban J connectivity index is 1.09. The van der Waals surface area contributed by atoms with Crippen molar-refractivity contribution in [2.75, 3.05) is 0 Å². The van der Waals surface area contributed by atoms with E-state index < -0.39 is 0 Å². The number of aromatic nitrogens is 2. The first kappa shape index (κ1) is 27.8. The van der Waals surface area contributed by atoms with Gasteiger partial charge in [-0.25, -0.2) is 4.98 Å². The first-order valence-electron chi connectivity index (χ1n) is 16.9. The van der Waals surface area contributed by atoms with E-state index in [0.29, 0.717) is 5.56 Å². The summed E-state index contributed by atoms with van der Waals surface area (Å²) in [4.78, 5) is 5.33. The Labute approximate surface area is 290 Å². The van der Waals surface area contributed by atoms with Crippen LogP contribution in [0.3, 0.4) is 0 Å². The molecule has 0 aliphatic rings. The van der Waals surface area contributed by atoms with Crippen LogP contribution in [0.25, 0.3) is 105 Å². The first-order valence-corrected chi connectivity index (χ1v) is 16.9. The largest absolute Gasteiger partial charge is 0.456 e. The average Bonchev–Trinajstić information content (AvgIpc) is 3.86. The Kier molecular flexibility index (Phi) is 5.67. The number of furan rings is 2. The second-order valence-electron chi connectivity index (χ2n) is 13.1. The van der Waals surface area contributed by atoms with Crippen LogP contribution in [0.2, 0.25) is 0 Å². The second kappa shape index (κ2) is 10.4. The normalized spacial score (nSPS) is 11.9. The van der Waals surface area contributed by atoms with Crippen LogP contribution >= 0.6 is 0 Å². The van der Waals surface area contributed by atoms with Crippen molar-refractivity contribution in [2.45, 2.75) is 0 Å². The third-order valence-electron chi connectivity index (χ3n) is 10.2. The summed E-state index contributed by atoms with van der Waals surface area (Å²) >= 11 is 0. The van der Waals surface area contributed by atoms with Gasteiger partial charge in [-0.2, -0.15) is 5.26 Å². The smallest absolute Gasteiger partial charge is 0.147 e. The maximum atomic E-state index is 9.72. The Morgan fingerprint density at radius 3 is 1.96 bits per heavy atom. The van der Waals surface area contributed by atoms with Crippen LogP contribution in [-0.4, -0.2) is 9.55 Å². The molecule has 5 nitrogen and oxygen atoms in total. The van der Waals surface area contributed by atoms with Gasteiger partial charge in [-0.05, 0) is 77.9 Å². The molecule has 0 spiro atoms. The second-order valence-corrected chi connectivity index (χ2v) is 13.1. The van der Waals surface area contributed by atoms with Crippen molar-refractivity contribution in [3.05, 3.63) is 157 Å². The lowest BCUT2D eigenvalue weighted by atomic mass is 9.98. The van der Waals surface area contributed by atoms with Gasteiger partial charge in [0.1, 0.15) is 22.3 Å². The Morgan fingerprint density at radius 2 is 1.16 bits per heavy atom. The molecule has 11 rings (SSSR count). The summed E-state index contributed by atoms with van der Waals surface area (Å²) in [6.45, 7) is 0. The van der Waals surface area contributed by atoms with E-state index in [9.17, 15) is 5.26 Å². The Hall–Kier alpha value is -7.16. The number of para-hydroxylation sites is 3. The van der Waals surface area contributed by atoms with Crippen molar-refractivity contribution in [1.29, 1.82) is 5.26 Å². The highest BCUT2D eigenvalue weighted by molar-refractivity contribution is 6.22. The van der Waals surface area contributed by atoms with E-state index in [1.54, 1.807) is 0 Å². The van der Waals surface area contributed by atoms with E-state index in [1.807, 2.05) is 60.7 Å². The molecule has 0 aliphatic carbocycles. The minimum absolute atomic E-state index is 0.645. The molecule has 11 aromatic rings. The highest BCUT2D eigenvalue weighted by Gasteiger charge is 2.20. The summed E-state index contributed by atoms with van der Waals surface area (Å²) in [6, 6.07) is 54.3. The van der Waals surface area contributed by atoms with Crippen LogP contribution in [0.5, 0.6) is 0 Å². The predicted octanol–water partition coefficient (Wildman–Crippen LogP) is 12.3. The zero-order valence-corrected chi connectivity index (χ0v) is 27.1. The number of pyridine rings is 1. The number of benzene rings is 7. The maximum Gasteiger partial charge on any atom is 0.147 e. The molecule has 7 aromatic carbocycles. The summed E-state index contributed by atoms with van der Waals surface area (Å²) in [5, 5.41) is 16.9. The molecule has 0 radical (unpaired) electrons. The number of hydrogen-bond acceptors (Lipinski definition) is 4. The molecular formula is C46H25N3O2. The van der Waals surface area contributed by atoms with Gasteiger partial charge >= 0.3 is 0 Å². The summed E-state index contributed by atoms with van der Waals surface area (Å²) in [7, 11) is 0. The van der Waals surface area contributed by atoms with Gasteiger partial charge in [0.25, 0.3) is 0 Å². The van der Waals surface area contributed by atoms with Crippen molar-refractivity contribution in [3.63, 3.8) is 0 Å². The highest BCUT2D eigenvalue weighted by Crippen LogP contribution is 2.42. The lowest BCUT2D eigenvalue weighted by Gasteiger charge is -2.09. The number of fused-ring (bicyclic) bond motifs is 11. The fourth-order valence-corrected chi connectivity index (χ4v) is 7.84. The minimum Gasteiger partial charge on any atom is -0.456 e. The van der Waals surface area contributed by atoms with E-state index in [1.165, 1.54) is 0 Å².